The fraction of sp³-hybridized carbons (Fsp3) is 0.667. The molecular formula is C36H59N3Se. The first-order valence-electron chi connectivity index (χ1n) is 16.9. The van der Waals surface area contributed by atoms with Gasteiger partial charge in [-0.15, -0.1) is 0 Å². The van der Waals surface area contributed by atoms with Crippen molar-refractivity contribution in [2.75, 3.05) is 41.3 Å². The van der Waals surface area contributed by atoms with Crippen LogP contribution in [0.5, 0.6) is 0 Å². The van der Waals surface area contributed by atoms with Crippen molar-refractivity contribution < 1.29 is 0 Å². The van der Waals surface area contributed by atoms with Crippen molar-refractivity contribution >= 4 is 46.6 Å². The summed E-state index contributed by atoms with van der Waals surface area (Å²) in [7, 11) is 0. The van der Waals surface area contributed by atoms with E-state index in [1.165, 1.54) is 161 Å². The average Bonchev–Trinajstić information content (AvgIpc) is 2.98. The van der Waals surface area contributed by atoms with Gasteiger partial charge in [-0.2, -0.15) is 0 Å². The minimum absolute atomic E-state index is 0.327. The molecule has 0 saturated heterocycles. The molecule has 1 aliphatic rings. The molecule has 2 aromatic carbocycles. The normalized spacial score (nSPS) is 12.1. The Hall–Kier alpha value is -1.64. The molecule has 0 atom stereocenters. The van der Waals surface area contributed by atoms with Crippen LogP contribution in [-0.2, 0) is 0 Å². The van der Waals surface area contributed by atoms with E-state index >= 15 is 0 Å². The van der Waals surface area contributed by atoms with E-state index in [1.54, 1.807) is 0 Å². The summed E-state index contributed by atoms with van der Waals surface area (Å²) in [6.07, 6.45) is 21.3. The van der Waals surface area contributed by atoms with Gasteiger partial charge in [0, 0.05) is 0 Å². The van der Waals surface area contributed by atoms with Crippen LogP contribution in [-0.4, -0.2) is 41.1 Å². The number of hydrogen-bond acceptors (Lipinski definition) is 3. The Morgan fingerprint density at radius 3 is 1.15 bits per heavy atom. The van der Waals surface area contributed by atoms with Gasteiger partial charge in [-0.1, -0.05) is 0 Å². The predicted octanol–water partition coefficient (Wildman–Crippen LogP) is 9.33. The van der Waals surface area contributed by atoms with Crippen molar-refractivity contribution in [1.82, 2.24) is 0 Å². The monoisotopic (exact) mass is 613 g/mol. The summed E-state index contributed by atoms with van der Waals surface area (Å²) in [5.74, 6) is 0. The molecule has 0 aromatic heterocycles. The van der Waals surface area contributed by atoms with Gasteiger partial charge in [0.05, 0.1) is 0 Å². The van der Waals surface area contributed by atoms with Crippen molar-refractivity contribution in [2.24, 2.45) is 0 Å². The molecule has 0 amide bonds. The number of benzene rings is 2. The number of rotatable bonds is 22. The zero-order chi connectivity index (χ0) is 28.4. The Bertz CT molecular complexity index is 860. The van der Waals surface area contributed by atoms with E-state index in [-0.39, 0.29) is 0 Å². The average molecular weight is 613 g/mol. The quantitative estimate of drug-likeness (QED) is 0.0901. The van der Waals surface area contributed by atoms with Gasteiger partial charge < -0.3 is 0 Å². The third-order valence-electron chi connectivity index (χ3n) is 8.28. The summed E-state index contributed by atoms with van der Waals surface area (Å²) in [6, 6.07) is 14.5. The summed E-state index contributed by atoms with van der Waals surface area (Å²) >= 11 is 0.327. The van der Waals surface area contributed by atoms with Crippen molar-refractivity contribution in [2.45, 2.75) is 130 Å². The van der Waals surface area contributed by atoms with Crippen LogP contribution >= 0.6 is 0 Å². The van der Waals surface area contributed by atoms with Crippen LogP contribution in [0.2, 0.25) is 0 Å². The van der Waals surface area contributed by atoms with Crippen molar-refractivity contribution in [3.63, 3.8) is 0 Å². The third-order valence-corrected chi connectivity index (χ3v) is 10.6. The van der Waals surface area contributed by atoms with Gasteiger partial charge in [0.2, 0.25) is 0 Å². The van der Waals surface area contributed by atoms with Gasteiger partial charge in [-0.25, -0.2) is 0 Å². The maximum absolute atomic E-state index is 3.79. The second kappa shape index (κ2) is 19.5. The van der Waals surface area contributed by atoms with Crippen LogP contribution in [0.1, 0.15) is 130 Å². The second-order valence-corrected chi connectivity index (χ2v) is 14.1. The summed E-state index contributed by atoms with van der Waals surface area (Å²) in [4.78, 5) is 5.36. The molecule has 224 valence electrons. The fourth-order valence-electron chi connectivity index (χ4n) is 5.71. The van der Waals surface area contributed by atoms with Crippen LogP contribution in [0.4, 0.5) is 22.7 Å². The number of fused-ring (bicyclic) bond motifs is 2. The van der Waals surface area contributed by atoms with Gasteiger partial charge in [-0.05, 0) is 0 Å². The van der Waals surface area contributed by atoms with Gasteiger partial charge in [0.1, 0.15) is 0 Å². The van der Waals surface area contributed by atoms with Crippen molar-refractivity contribution in [3.8, 4) is 0 Å². The van der Waals surface area contributed by atoms with E-state index in [9.17, 15) is 0 Å². The number of nitrogens with one attached hydrogen (secondary N) is 1. The zero-order valence-electron chi connectivity index (χ0n) is 26.4. The van der Waals surface area contributed by atoms with E-state index in [4.69, 9.17) is 0 Å². The topological polar surface area (TPSA) is 18.5 Å². The molecular weight excluding hydrogens is 553 g/mol. The van der Waals surface area contributed by atoms with E-state index in [1.807, 2.05) is 0 Å². The van der Waals surface area contributed by atoms with E-state index in [0.29, 0.717) is 15.0 Å². The molecule has 1 aliphatic heterocycles. The standard InChI is InChI=1S/C36H59N3Se/c1-5-9-13-17-25-38(26-18-14-10-6-2)31-21-23-33-35(29-31)40-36-30-32(22-24-34(36)37-33)39(27-19-15-11-7-3)28-20-16-12-8-4/h21-24,29-30,37H,5-20,25-28H2,1-4H3. The number of unbranched alkanes of at least 4 members (excludes halogenated alkanes) is 12. The molecule has 0 bridgehead atoms. The molecule has 4 heteroatoms. The van der Waals surface area contributed by atoms with E-state index < -0.39 is 0 Å². The Morgan fingerprint density at radius 1 is 0.475 bits per heavy atom. The van der Waals surface area contributed by atoms with Crippen LogP contribution in [0.25, 0.3) is 0 Å². The first-order chi connectivity index (χ1) is 19.7. The molecule has 3 nitrogen and oxygen atoms in total. The third kappa shape index (κ3) is 11.0. The fourth-order valence-corrected chi connectivity index (χ4v) is 7.92. The first kappa shape index (κ1) is 32.9. The number of nitrogens with zero attached hydrogens (tertiary/aromatic N) is 2. The Balaban J connectivity index is 1.73. The summed E-state index contributed by atoms with van der Waals surface area (Å²) < 4.78 is 3.03. The van der Waals surface area contributed by atoms with Gasteiger partial charge in [0.25, 0.3) is 0 Å². The molecule has 0 fully saturated rings. The van der Waals surface area contributed by atoms with E-state index in [2.05, 4.69) is 79.2 Å². The molecule has 3 rings (SSSR count). The van der Waals surface area contributed by atoms with Gasteiger partial charge in [-0.3, -0.25) is 0 Å². The Kier molecular flexibility index (Phi) is 16.0. The minimum atomic E-state index is 0.327. The molecule has 0 radical (unpaired) electrons. The molecule has 0 aliphatic carbocycles. The molecule has 40 heavy (non-hydrogen) atoms. The summed E-state index contributed by atoms with van der Waals surface area (Å²) in [5, 5.41) is 3.79. The molecule has 0 saturated carbocycles. The maximum atomic E-state index is 3.79. The molecule has 1 N–H and O–H groups in total. The van der Waals surface area contributed by atoms with Crippen molar-refractivity contribution in [3.05, 3.63) is 36.4 Å². The van der Waals surface area contributed by atoms with Crippen LogP contribution < -0.4 is 24.0 Å². The SMILES string of the molecule is CCCCCCN(CCCCCC)c1ccc2c(c1)[Se]c1cc(N(CCCCCC)CCCCCC)ccc1N2. The van der Waals surface area contributed by atoms with Gasteiger partial charge in [0.15, 0.2) is 0 Å². The molecule has 2 aromatic rings. The summed E-state index contributed by atoms with van der Waals surface area (Å²) in [6.45, 7) is 14.0. The van der Waals surface area contributed by atoms with Crippen LogP contribution in [0.3, 0.4) is 0 Å². The second-order valence-electron chi connectivity index (χ2n) is 11.8. The molecule has 0 unspecified atom stereocenters. The number of hydrogen-bond donors (Lipinski definition) is 1. The van der Waals surface area contributed by atoms with Crippen molar-refractivity contribution in [1.29, 1.82) is 0 Å². The predicted molar refractivity (Wildman–Crippen MR) is 182 cm³/mol. The summed E-state index contributed by atoms with van der Waals surface area (Å²) in [5.41, 5.74) is 5.50. The van der Waals surface area contributed by atoms with Gasteiger partial charge >= 0.3 is 255 Å². The van der Waals surface area contributed by atoms with Crippen LogP contribution in [0, 0.1) is 0 Å². The van der Waals surface area contributed by atoms with Crippen LogP contribution in [0.15, 0.2) is 36.4 Å². The Labute approximate surface area is 254 Å². The van der Waals surface area contributed by atoms with E-state index in [0.717, 1.165) is 0 Å². The number of anilines is 4. The Morgan fingerprint density at radius 2 is 0.825 bits per heavy atom. The molecule has 0 spiro atoms. The zero-order valence-corrected chi connectivity index (χ0v) is 28.1. The first-order valence-corrected chi connectivity index (χ1v) is 18.6. The molecule has 1 heterocycles.